The molecule has 0 amide bonds. The highest BCUT2D eigenvalue weighted by Crippen LogP contribution is 2.75. The van der Waals surface area contributed by atoms with Crippen molar-refractivity contribution in [1.29, 1.82) is 0 Å². The zero-order chi connectivity index (χ0) is 11.9. The molecule has 4 aliphatic carbocycles. The van der Waals surface area contributed by atoms with E-state index in [0.717, 1.165) is 31.0 Å². The molecular formula is C15H26O2. The molecule has 0 saturated heterocycles. The highest BCUT2D eigenvalue weighted by molar-refractivity contribution is 5.29. The first kappa shape index (κ1) is 12.0. The molecule has 4 rings (SSSR count). The van der Waals surface area contributed by atoms with Gasteiger partial charge < -0.3 is 9.47 Å². The van der Waals surface area contributed by atoms with Gasteiger partial charge in [0.25, 0.3) is 0 Å². The van der Waals surface area contributed by atoms with Gasteiger partial charge in [0.15, 0.2) is 0 Å². The Balaban J connectivity index is 1.43. The van der Waals surface area contributed by atoms with Gasteiger partial charge in [-0.2, -0.15) is 0 Å². The van der Waals surface area contributed by atoms with Crippen LogP contribution in [0.3, 0.4) is 0 Å². The van der Waals surface area contributed by atoms with Crippen LogP contribution in [0.15, 0.2) is 0 Å². The molecule has 98 valence electrons. The Kier molecular flexibility index (Phi) is 3.20. The van der Waals surface area contributed by atoms with Crippen LogP contribution < -0.4 is 0 Å². The largest absolute Gasteiger partial charge is 0.378 e. The van der Waals surface area contributed by atoms with E-state index >= 15 is 0 Å². The molecule has 2 heteroatoms. The molecule has 5 unspecified atom stereocenters. The van der Waals surface area contributed by atoms with Gasteiger partial charge in [-0.3, -0.25) is 0 Å². The lowest BCUT2D eigenvalue weighted by Gasteiger charge is -2.15. The molecule has 5 atom stereocenters. The van der Waals surface area contributed by atoms with Crippen LogP contribution in [0.1, 0.15) is 52.4 Å². The van der Waals surface area contributed by atoms with Crippen molar-refractivity contribution in [2.75, 3.05) is 13.2 Å². The van der Waals surface area contributed by atoms with Crippen LogP contribution in [0.4, 0.5) is 0 Å². The zero-order valence-corrected chi connectivity index (χ0v) is 11.3. The second kappa shape index (κ2) is 4.55. The van der Waals surface area contributed by atoms with Crippen molar-refractivity contribution in [3.05, 3.63) is 0 Å². The van der Waals surface area contributed by atoms with E-state index in [9.17, 15) is 0 Å². The fraction of sp³-hybridized carbons (Fsp3) is 1.00. The van der Waals surface area contributed by atoms with Gasteiger partial charge in [-0.05, 0) is 38.0 Å². The van der Waals surface area contributed by atoms with Crippen LogP contribution in [0, 0.1) is 17.8 Å². The third-order valence-electron chi connectivity index (χ3n) is 5.19. The maximum Gasteiger partial charge on any atom is 0.0775 e. The molecule has 17 heavy (non-hydrogen) atoms. The Bertz CT molecular complexity index is 278. The van der Waals surface area contributed by atoms with Crippen LogP contribution in [0.2, 0.25) is 0 Å². The molecule has 4 fully saturated rings. The van der Waals surface area contributed by atoms with Gasteiger partial charge in [-0.15, -0.1) is 0 Å². The van der Waals surface area contributed by atoms with E-state index < -0.39 is 0 Å². The molecule has 0 aromatic rings. The molecule has 4 bridgehead atoms. The summed E-state index contributed by atoms with van der Waals surface area (Å²) in [7, 11) is 0. The second-order valence-electron chi connectivity index (χ2n) is 6.12. The third-order valence-corrected chi connectivity index (χ3v) is 5.19. The maximum atomic E-state index is 6.15. The first-order chi connectivity index (χ1) is 8.33. The minimum Gasteiger partial charge on any atom is -0.378 e. The quantitative estimate of drug-likeness (QED) is 0.603. The molecule has 4 saturated carbocycles. The van der Waals surface area contributed by atoms with Crippen LogP contribution in [-0.4, -0.2) is 24.9 Å². The summed E-state index contributed by atoms with van der Waals surface area (Å²) in [5.74, 6) is 2.44. The van der Waals surface area contributed by atoms with E-state index in [4.69, 9.17) is 9.47 Å². The SMILES string of the molecule is CCCCCCOC1C2CC3C1C3(OCC)C2. The van der Waals surface area contributed by atoms with Gasteiger partial charge in [-0.25, -0.2) is 0 Å². The molecule has 2 nitrogen and oxygen atoms in total. The molecule has 0 aliphatic heterocycles. The summed E-state index contributed by atoms with van der Waals surface area (Å²) in [5, 5.41) is 0. The fourth-order valence-corrected chi connectivity index (χ4v) is 4.55. The maximum absolute atomic E-state index is 6.15. The van der Waals surface area contributed by atoms with Crippen LogP contribution in [-0.2, 0) is 9.47 Å². The first-order valence-corrected chi connectivity index (χ1v) is 7.59. The fourth-order valence-electron chi connectivity index (χ4n) is 4.55. The van der Waals surface area contributed by atoms with Gasteiger partial charge in [0.1, 0.15) is 0 Å². The predicted octanol–water partition coefficient (Wildman–Crippen LogP) is 3.40. The third kappa shape index (κ3) is 1.76. The van der Waals surface area contributed by atoms with E-state index in [1.807, 2.05) is 0 Å². The summed E-state index contributed by atoms with van der Waals surface area (Å²) in [5.41, 5.74) is 0.285. The Morgan fingerprint density at radius 1 is 1.18 bits per heavy atom. The predicted molar refractivity (Wildman–Crippen MR) is 67.9 cm³/mol. The van der Waals surface area contributed by atoms with Crippen molar-refractivity contribution in [2.45, 2.75) is 64.1 Å². The second-order valence-corrected chi connectivity index (χ2v) is 6.12. The summed E-state index contributed by atoms with van der Waals surface area (Å²) >= 11 is 0. The molecule has 0 N–H and O–H groups in total. The van der Waals surface area contributed by atoms with E-state index in [1.165, 1.54) is 38.5 Å². The molecule has 0 heterocycles. The summed E-state index contributed by atoms with van der Waals surface area (Å²) in [6.07, 6.45) is 8.46. The molecule has 0 radical (unpaired) electrons. The average Bonchev–Trinajstić information content (AvgIpc) is 2.70. The Morgan fingerprint density at radius 3 is 2.76 bits per heavy atom. The first-order valence-electron chi connectivity index (χ1n) is 7.59. The van der Waals surface area contributed by atoms with Crippen molar-refractivity contribution in [3.63, 3.8) is 0 Å². The lowest BCUT2D eigenvalue weighted by atomic mass is 10.1. The van der Waals surface area contributed by atoms with Crippen LogP contribution in [0.25, 0.3) is 0 Å². The molecule has 4 aliphatic rings. The van der Waals surface area contributed by atoms with E-state index in [2.05, 4.69) is 13.8 Å². The minimum atomic E-state index is 0.285. The summed E-state index contributed by atoms with van der Waals surface area (Å²) in [6.45, 7) is 6.24. The van der Waals surface area contributed by atoms with Crippen molar-refractivity contribution in [2.24, 2.45) is 17.8 Å². The van der Waals surface area contributed by atoms with Crippen LogP contribution in [0.5, 0.6) is 0 Å². The number of rotatable bonds is 8. The minimum absolute atomic E-state index is 0.285. The van der Waals surface area contributed by atoms with E-state index in [1.54, 1.807) is 0 Å². The molecule has 0 aromatic carbocycles. The van der Waals surface area contributed by atoms with Gasteiger partial charge in [0.05, 0.1) is 11.7 Å². The average molecular weight is 238 g/mol. The van der Waals surface area contributed by atoms with E-state index in [-0.39, 0.29) is 5.60 Å². The Labute approximate surface area is 105 Å². The van der Waals surface area contributed by atoms with Gasteiger partial charge in [0.2, 0.25) is 0 Å². The Morgan fingerprint density at radius 2 is 2.06 bits per heavy atom. The zero-order valence-electron chi connectivity index (χ0n) is 11.3. The molecular weight excluding hydrogens is 212 g/mol. The lowest BCUT2D eigenvalue weighted by molar-refractivity contribution is 0.00716. The van der Waals surface area contributed by atoms with Gasteiger partial charge in [0, 0.05) is 19.1 Å². The van der Waals surface area contributed by atoms with Crippen molar-refractivity contribution in [3.8, 4) is 0 Å². The summed E-state index contributed by atoms with van der Waals surface area (Å²) in [6, 6.07) is 0. The monoisotopic (exact) mass is 238 g/mol. The summed E-state index contributed by atoms with van der Waals surface area (Å²) < 4.78 is 12.2. The Hall–Kier alpha value is -0.0800. The number of unbranched alkanes of at least 4 members (excludes halogenated alkanes) is 3. The molecule has 0 aromatic heterocycles. The highest BCUT2D eigenvalue weighted by atomic mass is 16.5. The number of ether oxygens (including phenoxy) is 2. The topological polar surface area (TPSA) is 18.5 Å². The number of hydrogen-bond donors (Lipinski definition) is 0. The normalized spacial score (nSPS) is 45.5. The van der Waals surface area contributed by atoms with Gasteiger partial charge in [-0.1, -0.05) is 26.2 Å². The lowest BCUT2D eigenvalue weighted by Crippen LogP contribution is -2.19. The van der Waals surface area contributed by atoms with E-state index in [0.29, 0.717) is 6.10 Å². The standard InChI is InChI=1S/C15H26O2/c1-3-5-6-7-8-16-14-11-9-12-13(14)15(12,10-11)17-4-2/h11-14H,3-10H2,1-2H3. The smallest absolute Gasteiger partial charge is 0.0775 e. The highest BCUT2D eigenvalue weighted by Gasteiger charge is 2.80. The summed E-state index contributed by atoms with van der Waals surface area (Å²) in [4.78, 5) is 0. The van der Waals surface area contributed by atoms with Crippen molar-refractivity contribution in [1.82, 2.24) is 0 Å². The van der Waals surface area contributed by atoms with Crippen molar-refractivity contribution >= 4 is 0 Å². The molecule has 0 spiro atoms. The van der Waals surface area contributed by atoms with Crippen LogP contribution >= 0.6 is 0 Å². The number of hydrogen-bond acceptors (Lipinski definition) is 2. The van der Waals surface area contributed by atoms with Gasteiger partial charge >= 0.3 is 0 Å². The van der Waals surface area contributed by atoms with Crippen molar-refractivity contribution < 1.29 is 9.47 Å².